The highest BCUT2D eigenvalue weighted by molar-refractivity contribution is 4.90. The molecule has 0 aromatic rings. The summed E-state index contributed by atoms with van der Waals surface area (Å²) < 4.78 is 4.98. The second kappa shape index (κ2) is 7.99. The molecule has 0 bridgehead atoms. The van der Waals surface area contributed by atoms with Gasteiger partial charge >= 0.3 is 0 Å². The molecule has 0 aliphatic carbocycles. The molecule has 13 heavy (non-hydrogen) atoms. The lowest BCUT2D eigenvalue weighted by Gasteiger charge is -2.22. The summed E-state index contributed by atoms with van der Waals surface area (Å²) >= 11 is 0. The quantitative estimate of drug-likeness (QED) is 0.609. The van der Waals surface area contributed by atoms with Gasteiger partial charge in [-0.15, -0.1) is 0 Å². The molecule has 0 aliphatic heterocycles. The van der Waals surface area contributed by atoms with E-state index >= 15 is 0 Å². The Hall–Kier alpha value is -0.630. The average molecular weight is 185 g/mol. The third kappa shape index (κ3) is 5.58. The summed E-state index contributed by atoms with van der Waals surface area (Å²) in [5, 5.41) is 11.7. The normalized spacial score (nSPS) is 12.8. The number of rotatable bonds is 7. The Morgan fingerprint density at radius 1 is 1.62 bits per heavy atom. The summed E-state index contributed by atoms with van der Waals surface area (Å²) in [7, 11) is 3.49. The molecular weight excluding hydrogens is 166 g/mol. The number of ether oxygens (including phenoxy) is 1. The van der Waals surface area contributed by atoms with Gasteiger partial charge in [-0.3, -0.25) is 4.90 Å². The zero-order valence-electron chi connectivity index (χ0n) is 8.71. The topological polar surface area (TPSA) is 48.3 Å². The van der Waals surface area contributed by atoms with Gasteiger partial charge in [0.15, 0.2) is 0 Å². The van der Waals surface area contributed by atoms with Crippen molar-refractivity contribution in [1.82, 2.24) is 10.2 Å². The Kier molecular flexibility index (Phi) is 7.60. The molecule has 0 heterocycles. The van der Waals surface area contributed by atoms with Crippen molar-refractivity contribution in [3.63, 3.8) is 0 Å². The molecule has 1 N–H and O–H groups in total. The molecule has 0 aliphatic rings. The Bertz CT molecular complexity index is 155. The minimum atomic E-state index is -0.0863. The molecule has 0 rings (SSSR count). The van der Waals surface area contributed by atoms with Crippen molar-refractivity contribution in [1.29, 1.82) is 5.26 Å². The molecule has 4 heteroatoms. The van der Waals surface area contributed by atoms with E-state index in [1.807, 2.05) is 0 Å². The van der Waals surface area contributed by atoms with E-state index < -0.39 is 0 Å². The third-order valence-electron chi connectivity index (χ3n) is 2.00. The van der Waals surface area contributed by atoms with Crippen LogP contribution < -0.4 is 5.32 Å². The van der Waals surface area contributed by atoms with Crippen molar-refractivity contribution in [2.45, 2.75) is 13.0 Å². The summed E-state index contributed by atoms with van der Waals surface area (Å²) in [4.78, 5) is 2.19. The number of likely N-dealkylation sites (N-methyl/N-ethyl adjacent to an activating group) is 2. The Balaban J connectivity index is 3.75. The predicted octanol–water partition coefficient (Wildman–Crippen LogP) is 0.0663. The second-order valence-electron chi connectivity index (χ2n) is 2.86. The van der Waals surface area contributed by atoms with Crippen LogP contribution >= 0.6 is 0 Å². The molecule has 1 unspecified atom stereocenters. The standard InChI is InChI=1S/C9H19N3O/c1-4-12(5-6-13-3)8-9(7-10)11-2/h9,11H,4-6,8H2,1-3H3. The summed E-state index contributed by atoms with van der Waals surface area (Å²) in [6, 6.07) is 2.11. The second-order valence-corrected chi connectivity index (χ2v) is 2.86. The van der Waals surface area contributed by atoms with Crippen LogP contribution in [0, 0.1) is 11.3 Å². The highest BCUT2D eigenvalue weighted by atomic mass is 16.5. The Morgan fingerprint density at radius 3 is 2.69 bits per heavy atom. The van der Waals surface area contributed by atoms with Crippen LogP contribution in [0.15, 0.2) is 0 Å². The SMILES string of the molecule is CCN(CCOC)CC(C#N)NC. The summed E-state index contributed by atoms with van der Waals surface area (Å²) in [5.41, 5.74) is 0. The molecule has 0 aromatic heterocycles. The number of nitriles is 1. The van der Waals surface area contributed by atoms with Gasteiger partial charge in [-0.05, 0) is 13.6 Å². The van der Waals surface area contributed by atoms with Crippen molar-refractivity contribution in [3.05, 3.63) is 0 Å². The molecule has 0 aromatic carbocycles. The molecule has 0 spiro atoms. The van der Waals surface area contributed by atoms with Gasteiger partial charge in [0.25, 0.3) is 0 Å². The Labute approximate surface area is 80.5 Å². The molecule has 4 nitrogen and oxygen atoms in total. The summed E-state index contributed by atoms with van der Waals surface area (Å²) in [6.07, 6.45) is 0. The van der Waals surface area contributed by atoms with E-state index in [0.29, 0.717) is 0 Å². The first-order valence-corrected chi connectivity index (χ1v) is 4.56. The van der Waals surface area contributed by atoms with Gasteiger partial charge in [0.1, 0.15) is 6.04 Å². The van der Waals surface area contributed by atoms with Crippen LogP contribution in [0.5, 0.6) is 0 Å². The van der Waals surface area contributed by atoms with Crippen molar-refractivity contribution in [2.24, 2.45) is 0 Å². The molecule has 0 fully saturated rings. The highest BCUT2D eigenvalue weighted by Gasteiger charge is 2.09. The largest absolute Gasteiger partial charge is 0.383 e. The lowest BCUT2D eigenvalue weighted by atomic mass is 10.3. The van der Waals surface area contributed by atoms with E-state index in [1.165, 1.54) is 0 Å². The van der Waals surface area contributed by atoms with Gasteiger partial charge in [0.05, 0.1) is 12.7 Å². The fourth-order valence-corrected chi connectivity index (χ4v) is 1.05. The summed E-state index contributed by atoms with van der Waals surface area (Å²) in [6.45, 7) is 5.39. The molecule has 76 valence electrons. The van der Waals surface area contributed by atoms with Gasteiger partial charge in [-0.2, -0.15) is 5.26 Å². The van der Waals surface area contributed by atoms with Crippen LogP contribution in [-0.2, 0) is 4.74 Å². The Morgan fingerprint density at radius 2 is 2.31 bits per heavy atom. The lowest BCUT2D eigenvalue weighted by Crippen LogP contribution is -2.39. The van der Waals surface area contributed by atoms with Gasteiger partial charge in [-0.25, -0.2) is 0 Å². The molecule has 0 radical (unpaired) electrons. The van der Waals surface area contributed by atoms with E-state index in [9.17, 15) is 0 Å². The monoisotopic (exact) mass is 185 g/mol. The average Bonchev–Trinajstić information content (AvgIpc) is 2.19. The van der Waals surface area contributed by atoms with Gasteiger partial charge < -0.3 is 10.1 Å². The van der Waals surface area contributed by atoms with Crippen LogP contribution in [0.25, 0.3) is 0 Å². The summed E-state index contributed by atoms with van der Waals surface area (Å²) in [5.74, 6) is 0. The van der Waals surface area contributed by atoms with E-state index in [1.54, 1.807) is 14.2 Å². The first-order valence-electron chi connectivity index (χ1n) is 4.56. The predicted molar refractivity (Wildman–Crippen MR) is 52.5 cm³/mol. The molecule has 0 amide bonds. The molecule has 0 saturated carbocycles. The number of hydrogen-bond donors (Lipinski definition) is 1. The van der Waals surface area contributed by atoms with E-state index in [-0.39, 0.29) is 6.04 Å². The number of hydrogen-bond acceptors (Lipinski definition) is 4. The molecule has 0 saturated heterocycles. The van der Waals surface area contributed by atoms with Crippen LogP contribution in [-0.4, -0.2) is 51.3 Å². The maximum Gasteiger partial charge on any atom is 0.108 e. The van der Waals surface area contributed by atoms with E-state index in [2.05, 4.69) is 23.2 Å². The van der Waals surface area contributed by atoms with E-state index in [0.717, 1.165) is 26.2 Å². The van der Waals surface area contributed by atoms with Gasteiger partial charge in [-0.1, -0.05) is 6.92 Å². The first kappa shape index (κ1) is 12.4. The molecule has 1 atom stereocenters. The zero-order chi connectivity index (χ0) is 10.1. The highest BCUT2D eigenvalue weighted by Crippen LogP contribution is 1.91. The maximum absolute atomic E-state index is 8.73. The van der Waals surface area contributed by atoms with Crippen molar-refractivity contribution in [2.75, 3.05) is 40.4 Å². The third-order valence-corrected chi connectivity index (χ3v) is 2.00. The van der Waals surface area contributed by atoms with Crippen molar-refractivity contribution < 1.29 is 4.74 Å². The lowest BCUT2D eigenvalue weighted by molar-refractivity contribution is 0.148. The first-order chi connectivity index (χ1) is 6.28. The smallest absolute Gasteiger partial charge is 0.108 e. The van der Waals surface area contributed by atoms with Gasteiger partial charge in [0.2, 0.25) is 0 Å². The fourth-order valence-electron chi connectivity index (χ4n) is 1.05. The minimum Gasteiger partial charge on any atom is -0.383 e. The fraction of sp³-hybridized carbons (Fsp3) is 0.889. The molecular formula is C9H19N3O. The number of methoxy groups -OCH3 is 1. The maximum atomic E-state index is 8.73. The van der Waals surface area contributed by atoms with Crippen molar-refractivity contribution in [3.8, 4) is 6.07 Å². The number of nitrogens with one attached hydrogen (secondary N) is 1. The van der Waals surface area contributed by atoms with Crippen LogP contribution in [0.2, 0.25) is 0 Å². The van der Waals surface area contributed by atoms with Crippen molar-refractivity contribution >= 4 is 0 Å². The van der Waals surface area contributed by atoms with Crippen LogP contribution in [0.3, 0.4) is 0 Å². The minimum absolute atomic E-state index is 0.0863. The van der Waals surface area contributed by atoms with Crippen LogP contribution in [0.1, 0.15) is 6.92 Å². The van der Waals surface area contributed by atoms with Gasteiger partial charge in [0, 0.05) is 20.2 Å². The van der Waals surface area contributed by atoms with E-state index in [4.69, 9.17) is 10.00 Å². The zero-order valence-corrected chi connectivity index (χ0v) is 8.71. The van der Waals surface area contributed by atoms with Crippen LogP contribution in [0.4, 0.5) is 0 Å². The number of nitrogens with zero attached hydrogens (tertiary/aromatic N) is 2.